The van der Waals surface area contributed by atoms with Gasteiger partial charge in [-0.2, -0.15) is 0 Å². The van der Waals surface area contributed by atoms with Crippen LogP contribution in [0.5, 0.6) is 0 Å². The van der Waals surface area contributed by atoms with Crippen molar-refractivity contribution in [3.8, 4) is 0 Å². The summed E-state index contributed by atoms with van der Waals surface area (Å²) in [5.41, 5.74) is 0. The van der Waals surface area contributed by atoms with Crippen molar-refractivity contribution in [1.29, 1.82) is 0 Å². The van der Waals surface area contributed by atoms with Crippen LogP contribution in [-0.2, 0) is 14.3 Å². The van der Waals surface area contributed by atoms with Crippen LogP contribution in [0.2, 0.25) is 0 Å². The Morgan fingerprint density at radius 2 is 0.744 bits per heavy atom. The molecule has 0 aromatic heterocycles. The average Bonchev–Trinajstić information content (AvgIpc) is 3.48. The lowest BCUT2D eigenvalue weighted by molar-refractivity contribution is -0.303. The van der Waals surface area contributed by atoms with Gasteiger partial charge in [0, 0.05) is 0 Å². The first-order chi connectivity index (χ1) is 40.2. The van der Waals surface area contributed by atoms with Crippen LogP contribution in [0.4, 0.5) is 0 Å². The highest BCUT2D eigenvalue weighted by Gasteiger charge is 2.44. The van der Waals surface area contributed by atoms with Crippen LogP contribution in [0, 0.1) is 0 Å². The molecule has 9 atom stereocenters. The Hall–Kier alpha value is -1.41. The molecule has 486 valence electrons. The number of rotatable bonds is 63. The lowest BCUT2D eigenvalue weighted by Gasteiger charge is -2.40. The van der Waals surface area contributed by atoms with Gasteiger partial charge in [-0.3, -0.25) is 4.79 Å². The van der Waals surface area contributed by atoms with Crippen LogP contribution < -0.4 is 5.32 Å². The standard InChI is InChI=1S/C71H137NO10/c1-3-5-7-9-11-13-15-17-19-21-23-25-26-27-28-29-30-31-32-33-34-35-36-37-39-41-43-45-47-49-51-53-55-57-59-64(75)70(80)72-62(61-81-71-69(79)68(78)67(77)65(60-73)82-71)66(76)63(74)58-56-54-52-50-48-46-44-42-40-38-24-22-20-18-16-14-12-10-8-6-4-2/h26-27,29-30,62-69,71,73-79H,3-25,28,31-61H2,1-2H3,(H,72,80)/b27-26-,30-29-. The van der Waals surface area contributed by atoms with Crippen LogP contribution in [0.1, 0.15) is 354 Å². The number of hydrogen-bond donors (Lipinski definition) is 8. The van der Waals surface area contributed by atoms with E-state index in [1.54, 1.807) is 0 Å². The molecule has 11 nitrogen and oxygen atoms in total. The monoisotopic (exact) mass is 1160 g/mol. The summed E-state index contributed by atoms with van der Waals surface area (Å²) in [5.74, 6) is -0.690. The van der Waals surface area contributed by atoms with Gasteiger partial charge in [-0.15, -0.1) is 0 Å². The minimum Gasteiger partial charge on any atom is -0.394 e. The minimum absolute atomic E-state index is 0.263. The zero-order chi connectivity index (χ0) is 59.6. The zero-order valence-electron chi connectivity index (χ0n) is 53.8. The molecule has 1 aliphatic rings. The highest BCUT2D eigenvalue weighted by Crippen LogP contribution is 2.24. The van der Waals surface area contributed by atoms with E-state index in [1.165, 1.54) is 270 Å². The minimum atomic E-state index is -1.66. The van der Waals surface area contributed by atoms with Crippen molar-refractivity contribution in [2.75, 3.05) is 13.2 Å². The van der Waals surface area contributed by atoms with Gasteiger partial charge in [0.25, 0.3) is 0 Å². The first-order valence-corrected chi connectivity index (χ1v) is 35.7. The van der Waals surface area contributed by atoms with E-state index in [-0.39, 0.29) is 6.42 Å². The number of nitrogens with one attached hydrogen (secondary N) is 1. The fraction of sp³-hybridized carbons (Fsp3) is 0.930. The van der Waals surface area contributed by atoms with Gasteiger partial charge in [0.15, 0.2) is 6.29 Å². The quantitative estimate of drug-likeness (QED) is 0.0215. The van der Waals surface area contributed by atoms with Crippen molar-refractivity contribution in [1.82, 2.24) is 5.32 Å². The molecule has 8 N–H and O–H groups in total. The summed E-state index contributed by atoms with van der Waals surface area (Å²) in [5, 5.41) is 76.5. The molecule has 1 aliphatic heterocycles. The van der Waals surface area contributed by atoms with Gasteiger partial charge in [0.2, 0.25) is 5.91 Å². The fourth-order valence-electron chi connectivity index (χ4n) is 11.8. The SMILES string of the molecule is CCCCCCCCCCCCC/C=C\C/C=C\CCCCCCCCCCCCCCCCCCC(O)C(=O)NC(COC1OC(CO)C(O)C(O)C1O)C(O)C(O)CCCCCCCCCCCCCCCCCCCCCCC. The van der Waals surface area contributed by atoms with Crippen LogP contribution in [0.25, 0.3) is 0 Å². The van der Waals surface area contributed by atoms with E-state index in [9.17, 15) is 40.5 Å². The first-order valence-electron chi connectivity index (χ1n) is 35.7. The smallest absolute Gasteiger partial charge is 0.249 e. The molecule has 9 unspecified atom stereocenters. The normalized spacial score (nSPS) is 19.2. The Kier molecular flexibility index (Phi) is 57.4. The molecule has 0 radical (unpaired) electrons. The second kappa shape index (κ2) is 59.9. The van der Waals surface area contributed by atoms with Gasteiger partial charge in [-0.05, 0) is 44.9 Å². The second-order valence-electron chi connectivity index (χ2n) is 25.3. The number of aliphatic hydroxyl groups excluding tert-OH is 7. The van der Waals surface area contributed by atoms with Crippen molar-refractivity contribution in [3.63, 3.8) is 0 Å². The summed E-state index contributed by atoms with van der Waals surface area (Å²) in [7, 11) is 0. The van der Waals surface area contributed by atoms with Crippen molar-refractivity contribution >= 4 is 5.91 Å². The third kappa shape index (κ3) is 46.8. The molecule has 0 saturated carbocycles. The lowest BCUT2D eigenvalue weighted by atomic mass is 9.98. The van der Waals surface area contributed by atoms with Crippen molar-refractivity contribution < 1.29 is 50.0 Å². The van der Waals surface area contributed by atoms with E-state index in [1.807, 2.05) is 0 Å². The molecular weight excluding hydrogens is 1030 g/mol. The zero-order valence-corrected chi connectivity index (χ0v) is 53.8. The van der Waals surface area contributed by atoms with Gasteiger partial charge in [0.05, 0.1) is 25.4 Å². The van der Waals surface area contributed by atoms with Crippen LogP contribution in [0.3, 0.4) is 0 Å². The molecule has 1 fully saturated rings. The number of ether oxygens (including phenoxy) is 2. The summed E-state index contributed by atoms with van der Waals surface area (Å²) in [6.45, 7) is 3.51. The number of unbranched alkanes of at least 4 members (excludes halogenated alkanes) is 47. The largest absolute Gasteiger partial charge is 0.394 e. The molecule has 0 aromatic carbocycles. The number of amides is 1. The Labute approximate surface area is 505 Å². The van der Waals surface area contributed by atoms with Crippen molar-refractivity contribution in [2.45, 2.75) is 409 Å². The third-order valence-electron chi connectivity index (χ3n) is 17.5. The third-order valence-corrected chi connectivity index (χ3v) is 17.5. The molecule has 0 aromatic rings. The molecule has 1 saturated heterocycles. The number of aliphatic hydroxyl groups is 7. The molecule has 1 amide bonds. The van der Waals surface area contributed by atoms with Gasteiger partial charge < -0.3 is 50.5 Å². The number of hydrogen-bond acceptors (Lipinski definition) is 10. The first kappa shape index (κ1) is 78.6. The van der Waals surface area contributed by atoms with Gasteiger partial charge >= 0.3 is 0 Å². The molecule has 1 heterocycles. The predicted octanol–water partition coefficient (Wildman–Crippen LogP) is 17.2. The van der Waals surface area contributed by atoms with E-state index in [2.05, 4.69) is 43.5 Å². The summed E-state index contributed by atoms with van der Waals surface area (Å²) in [6.07, 6.45) is 64.0. The van der Waals surface area contributed by atoms with E-state index in [4.69, 9.17) is 9.47 Å². The summed E-state index contributed by atoms with van der Waals surface area (Å²) in [4.78, 5) is 13.3. The van der Waals surface area contributed by atoms with Gasteiger partial charge in [0.1, 0.15) is 36.6 Å². The summed E-state index contributed by atoms with van der Waals surface area (Å²) < 4.78 is 11.2. The topological polar surface area (TPSA) is 189 Å². The highest BCUT2D eigenvalue weighted by molar-refractivity contribution is 5.80. The molecule has 0 aliphatic carbocycles. The van der Waals surface area contributed by atoms with Crippen LogP contribution in [0.15, 0.2) is 24.3 Å². The summed E-state index contributed by atoms with van der Waals surface area (Å²) >= 11 is 0. The van der Waals surface area contributed by atoms with Gasteiger partial charge in [-0.25, -0.2) is 0 Å². The van der Waals surface area contributed by atoms with Crippen molar-refractivity contribution in [2.24, 2.45) is 0 Å². The van der Waals surface area contributed by atoms with E-state index >= 15 is 0 Å². The van der Waals surface area contributed by atoms with E-state index in [0.717, 1.165) is 44.9 Å². The van der Waals surface area contributed by atoms with Gasteiger partial charge in [-0.1, -0.05) is 334 Å². The maximum Gasteiger partial charge on any atom is 0.249 e. The maximum absolute atomic E-state index is 13.3. The Morgan fingerprint density at radius 1 is 0.427 bits per heavy atom. The van der Waals surface area contributed by atoms with Crippen LogP contribution in [-0.4, -0.2) is 110 Å². The second-order valence-corrected chi connectivity index (χ2v) is 25.3. The lowest BCUT2D eigenvalue weighted by Crippen LogP contribution is -2.60. The molecule has 82 heavy (non-hydrogen) atoms. The average molecular weight is 1160 g/mol. The Bertz CT molecular complexity index is 1380. The van der Waals surface area contributed by atoms with Crippen molar-refractivity contribution in [3.05, 3.63) is 24.3 Å². The number of carbonyl (C=O) groups excluding carboxylic acids is 1. The van der Waals surface area contributed by atoms with E-state index in [0.29, 0.717) is 19.3 Å². The Morgan fingerprint density at radius 3 is 1.09 bits per heavy atom. The Balaban J connectivity index is 2.16. The fourth-order valence-corrected chi connectivity index (χ4v) is 11.8. The molecule has 11 heteroatoms. The van der Waals surface area contributed by atoms with Crippen LogP contribution >= 0.6 is 0 Å². The predicted molar refractivity (Wildman–Crippen MR) is 344 cm³/mol. The highest BCUT2D eigenvalue weighted by atomic mass is 16.7. The molecular formula is C71H137NO10. The number of allylic oxidation sites excluding steroid dienone is 4. The van der Waals surface area contributed by atoms with E-state index < -0.39 is 74.2 Å². The molecule has 0 spiro atoms. The maximum atomic E-state index is 13.3. The molecule has 0 bridgehead atoms. The molecule has 1 rings (SSSR count). The number of carbonyl (C=O) groups is 1. The summed E-state index contributed by atoms with van der Waals surface area (Å²) in [6, 6.07) is -1.17.